The maximum Gasteiger partial charge on any atom is 0.186 e. The fourth-order valence-corrected chi connectivity index (χ4v) is 2.54. The molecule has 3 rings (SSSR count). The second-order valence-corrected chi connectivity index (χ2v) is 5.28. The summed E-state index contributed by atoms with van der Waals surface area (Å²) in [5.74, 6) is 0.566. The summed E-state index contributed by atoms with van der Waals surface area (Å²) >= 11 is 0. The highest BCUT2D eigenvalue weighted by atomic mass is 16.6. The van der Waals surface area contributed by atoms with Gasteiger partial charge in [0.15, 0.2) is 5.88 Å². The molecule has 1 fully saturated rings. The SMILES string of the molecule is N/C(=C\C1=NCCc2cc(O)ccc21)OC[C@@H]1COCCO1. The molecule has 6 nitrogen and oxygen atoms in total. The van der Waals surface area contributed by atoms with E-state index >= 15 is 0 Å². The lowest BCUT2D eigenvalue weighted by Crippen LogP contribution is -2.32. The first-order valence-corrected chi connectivity index (χ1v) is 7.38. The molecule has 2 aliphatic rings. The average molecular weight is 304 g/mol. The molecule has 0 saturated carbocycles. The van der Waals surface area contributed by atoms with Crippen molar-refractivity contribution in [1.82, 2.24) is 0 Å². The quantitative estimate of drug-likeness (QED) is 0.810. The molecule has 1 aromatic rings. The highest BCUT2D eigenvalue weighted by Gasteiger charge is 2.16. The number of phenolic OH excluding ortho intramolecular Hbond substituents is 1. The number of benzene rings is 1. The van der Waals surface area contributed by atoms with E-state index in [2.05, 4.69) is 4.99 Å². The Bertz CT molecular complexity index is 592. The fourth-order valence-electron chi connectivity index (χ4n) is 2.54. The molecule has 0 aromatic heterocycles. The van der Waals surface area contributed by atoms with Crippen LogP contribution in [0.15, 0.2) is 35.2 Å². The summed E-state index contributed by atoms with van der Waals surface area (Å²) in [6.45, 7) is 2.77. The van der Waals surface area contributed by atoms with Crippen molar-refractivity contribution in [3.8, 4) is 5.75 Å². The number of phenols is 1. The van der Waals surface area contributed by atoms with Crippen LogP contribution in [0.2, 0.25) is 0 Å². The Labute approximate surface area is 129 Å². The van der Waals surface area contributed by atoms with Crippen LogP contribution in [-0.4, -0.2) is 49.9 Å². The third-order valence-electron chi connectivity index (χ3n) is 3.63. The Balaban J connectivity index is 1.65. The van der Waals surface area contributed by atoms with E-state index < -0.39 is 0 Å². The number of hydrogen-bond donors (Lipinski definition) is 2. The number of hydrogen-bond acceptors (Lipinski definition) is 6. The predicted molar refractivity (Wildman–Crippen MR) is 82.0 cm³/mol. The summed E-state index contributed by atoms with van der Waals surface area (Å²) < 4.78 is 16.3. The summed E-state index contributed by atoms with van der Waals surface area (Å²) in [5, 5.41) is 9.55. The third kappa shape index (κ3) is 3.58. The molecule has 6 heteroatoms. The van der Waals surface area contributed by atoms with Gasteiger partial charge < -0.3 is 25.1 Å². The zero-order valence-corrected chi connectivity index (χ0v) is 12.3. The lowest BCUT2D eigenvalue weighted by Gasteiger charge is -2.23. The van der Waals surface area contributed by atoms with Crippen LogP contribution >= 0.6 is 0 Å². The van der Waals surface area contributed by atoms with Crippen molar-refractivity contribution in [2.24, 2.45) is 10.7 Å². The lowest BCUT2D eigenvalue weighted by molar-refractivity contribution is -0.108. The van der Waals surface area contributed by atoms with E-state index in [1.165, 1.54) is 0 Å². The Morgan fingerprint density at radius 3 is 3.18 bits per heavy atom. The maximum atomic E-state index is 9.55. The second-order valence-electron chi connectivity index (χ2n) is 5.28. The molecule has 0 bridgehead atoms. The van der Waals surface area contributed by atoms with Gasteiger partial charge in [0.25, 0.3) is 0 Å². The largest absolute Gasteiger partial charge is 0.508 e. The third-order valence-corrected chi connectivity index (χ3v) is 3.63. The zero-order chi connectivity index (χ0) is 15.4. The minimum atomic E-state index is -0.0850. The number of nitrogens with zero attached hydrogens (tertiary/aromatic N) is 1. The van der Waals surface area contributed by atoms with E-state index in [1.54, 1.807) is 18.2 Å². The van der Waals surface area contributed by atoms with Gasteiger partial charge in [-0.25, -0.2) is 0 Å². The van der Waals surface area contributed by atoms with Gasteiger partial charge in [0.1, 0.15) is 18.5 Å². The number of ether oxygens (including phenoxy) is 3. The van der Waals surface area contributed by atoms with Crippen molar-refractivity contribution in [3.63, 3.8) is 0 Å². The number of allylic oxidation sites excluding steroid dienone is 1. The summed E-state index contributed by atoms with van der Waals surface area (Å²) in [5.41, 5.74) is 8.75. The normalized spacial score (nSPS) is 21.9. The van der Waals surface area contributed by atoms with Gasteiger partial charge in [0.2, 0.25) is 0 Å². The molecule has 1 aromatic carbocycles. The highest BCUT2D eigenvalue weighted by Crippen LogP contribution is 2.22. The first-order chi connectivity index (χ1) is 10.7. The Morgan fingerprint density at radius 1 is 1.45 bits per heavy atom. The molecule has 118 valence electrons. The Morgan fingerprint density at radius 2 is 2.36 bits per heavy atom. The van der Waals surface area contributed by atoms with Crippen LogP contribution in [0.5, 0.6) is 5.75 Å². The van der Waals surface area contributed by atoms with E-state index in [9.17, 15) is 5.11 Å². The minimum absolute atomic E-state index is 0.0850. The zero-order valence-electron chi connectivity index (χ0n) is 12.3. The highest BCUT2D eigenvalue weighted by molar-refractivity contribution is 6.10. The van der Waals surface area contributed by atoms with Crippen molar-refractivity contribution in [1.29, 1.82) is 0 Å². The van der Waals surface area contributed by atoms with Crippen LogP contribution in [0.25, 0.3) is 0 Å². The van der Waals surface area contributed by atoms with E-state index in [0.717, 1.165) is 23.3 Å². The molecule has 1 saturated heterocycles. The predicted octanol–water partition coefficient (Wildman–Crippen LogP) is 0.969. The van der Waals surface area contributed by atoms with Gasteiger partial charge in [-0.15, -0.1) is 0 Å². The van der Waals surface area contributed by atoms with Crippen molar-refractivity contribution in [3.05, 3.63) is 41.3 Å². The van der Waals surface area contributed by atoms with Crippen molar-refractivity contribution < 1.29 is 19.3 Å². The number of fused-ring (bicyclic) bond motifs is 1. The average Bonchev–Trinajstić information content (AvgIpc) is 2.54. The molecule has 0 amide bonds. The van der Waals surface area contributed by atoms with Crippen LogP contribution in [0.3, 0.4) is 0 Å². The van der Waals surface area contributed by atoms with Gasteiger partial charge in [0, 0.05) is 18.2 Å². The molecule has 0 spiro atoms. The van der Waals surface area contributed by atoms with Gasteiger partial charge in [0.05, 0.1) is 25.5 Å². The van der Waals surface area contributed by atoms with Gasteiger partial charge >= 0.3 is 0 Å². The molecule has 0 aliphatic carbocycles. The van der Waals surface area contributed by atoms with E-state index in [-0.39, 0.29) is 11.9 Å². The van der Waals surface area contributed by atoms with Gasteiger partial charge in [-0.1, -0.05) is 0 Å². The summed E-state index contributed by atoms with van der Waals surface area (Å²) in [6.07, 6.45) is 2.45. The first kappa shape index (κ1) is 14.9. The van der Waals surface area contributed by atoms with Gasteiger partial charge in [-0.2, -0.15) is 0 Å². The van der Waals surface area contributed by atoms with Crippen LogP contribution < -0.4 is 5.73 Å². The molecule has 3 N–H and O–H groups in total. The summed E-state index contributed by atoms with van der Waals surface area (Å²) in [7, 11) is 0. The number of aromatic hydroxyl groups is 1. The van der Waals surface area contributed by atoms with E-state index in [1.807, 2.05) is 6.07 Å². The van der Waals surface area contributed by atoms with Crippen LogP contribution in [-0.2, 0) is 20.6 Å². The van der Waals surface area contributed by atoms with Gasteiger partial charge in [-0.05, 0) is 30.2 Å². The van der Waals surface area contributed by atoms with Crippen molar-refractivity contribution >= 4 is 5.71 Å². The van der Waals surface area contributed by atoms with Gasteiger partial charge in [-0.3, -0.25) is 4.99 Å². The van der Waals surface area contributed by atoms with Crippen LogP contribution in [0, 0.1) is 0 Å². The Kier molecular flexibility index (Phi) is 4.60. The topological polar surface area (TPSA) is 86.3 Å². The first-order valence-electron chi connectivity index (χ1n) is 7.38. The molecule has 2 aliphatic heterocycles. The van der Waals surface area contributed by atoms with E-state index in [0.29, 0.717) is 38.9 Å². The molecule has 2 heterocycles. The number of rotatable bonds is 4. The van der Waals surface area contributed by atoms with E-state index in [4.69, 9.17) is 19.9 Å². The molecule has 0 unspecified atom stereocenters. The standard InChI is InChI=1S/C16H20N2O4/c17-16(22-10-13-9-20-5-6-21-13)8-15-14-2-1-12(19)7-11(14)3-4-18-15/h1-2,7-8,13,19H,3-6,9-10,17H2/b16-8+/t13-/m0/s1. The monoisotopic (exact) mass is 304 g/mol. The minimum Gasteiger partial charge on any atom is -0.508 e. The van der Waals surface area contributed by atoms with Crippen LogP contribution in [0.1, 0.15) is 11.1 Å². The summed E-state index contributed by atoms with van der Waals surface area (Å²) in [4.78, 5) is 4.48. The maximum absolute atomic E-state index is 9.55. The molecular weight excluding hydrogens is 284 g/mol. The Hall–Kier alpha value is -2.05. The number of aliphatic imine (C=N–C) groups is 1. The molecule has 22 heavy (non-hydrogen) atoms. The second kappa shape index (κ2) is 6.81. The van der Waals surface area contributed by atoms with Crippen molar-refractivity contribution in [2.75, 3.05) is 33.0 Å². The molecule has 1 atom stereocenters. The van der Waals surface area contributed by atoms with Crippen molar-refractivity contribution in [2.45, 2.75) is 12.5 Å². The fraction of sp³-hybridized carbons (Fsp3) is 0.438. The number of nitrogens with two attached hydrogens (primary N) is 1. The smallest absolute Gasteiger partial charge is 0.186 e. The lowest BCUT2D eigenvalue weighted by atomic mass is 9.97. The summed E-state index contributed by atoms with van der Waals surface area (Å²) in [6, 6.07) is 5.27. The molecular formula is C16H20N2O4. The molecule has 0 radical (unpaired) electrons. The van der Waals surface area contributed by atoms with Crippen LogP contribution in [0.4, 0.5) is 0 Å².